The Morgan fingerprint density at radius 1 is 1.62 bits per heavy atom. The fourth-order valence-electron chi connectivity index (χ4n) is 0.281. The summed E-state index contributed by atoms with van der Waals surface area (Å²) >= 11 is 3.20. The second-order valence-electron chi connectivity index (χ2n) is 1.18. The summed E-state index contributed by atoms with van der Waals surface area (Å²) in [6.07, 6.45) is 3.93. The Morgan fingerprint density at radius 3 is 2.38 bits per heavy atom. The SMILES string of the molecule is CS/C=C(/CO)SC. The molecule has 0 bridgehead atoms. The molecule has 0 aromatic heterocycles. The van der Waals surface area contributed by atoms with Gasteiger partial charge in [-0.1, -0.05) is 0 Å². The number of rotatable bonds is 3. The molecule has 0 atom stereocenters. The topological polar surface area (TPSA) is 20.2 Å². The number of hydrogen-bond donors (Lipinski definition) is 1. The highest BCUT2D eigenvalue weighted by molar-refractivity contribution is 8.05. The third-order valence-corrected chi connectivity index (χ3v) is 2.11. The van der Waals surface area contributed by atoms with Gasteiger partial charge in [0.2, 0.25) is 0 Å². The maximum atomic E-state index is 8.55. The highest BCUT2D eigenvalue weighted by Crippen LogP contribution is 2.13. The molecule has 0 aromatic rings. The van der Waals surface area contributed by atoms with Crippen molar-refractivity contribution in [1.82, 2.24) is 0 Å². The van der Waals surface area contributed by atoms with Gasteiger partial charge in [-0.2, -0.15) is 0 Å². The molecule has 8 heavy (non-hydrogen) atoms. The summed E-state index contributed by atoms with van der Waals surface area (Å²) in [7, 11) is 0. The third kappa shape index (κ3) is 3.41. The van der Waals surface area contributed by atoms with Crippen LogP contribution in [0.15, 0.2) is 10.3 Å². The number of hydrogen-bond acceptors (Lipinski definition) is 3. The quantitative estimate of drug-likeness (QED) is 0.659. The summed E-state index contributed by atoms with van der Waals surface area (Å²) in [6.45, 7) is 0.169. The van der Waals surface area contributed by atoms with Crippen LogP contribution in [-0.2, 0) is 0 Å². The lowest BCUT2D eigenvalue weighted by Gasteiger charge is -1.93. The van der Waals surface area contributed by atoms with E-state index in [1.807, 2.05) is 17.9 Å². The van der Waals surface area contributed by atoms with Crippen molar-refractivity contribution in [1.29, 1.82) is 0 Å². The van der Waals surface area contributed by atoms with Gasteiger partial charge in [0, 0.05) is 4.91 Å². The average Bonchev–Trinajstić information content (AvgIpc) is 1.83. The van der Waals surface area contributed by atoms with Crippen LogP contribution in [0, 0.1) is 0 Å². The van der Waals surface area contributed by atoms with Crippen molar-refractivity contribution < 1.29 is 5.11 Å². The van der Waals surface area contributed by atoms with Crippen molar-refractivity contribution >= 4 is 23.5 Å². The summed E-state index contributed by atoms with van der Waals surface area (Å²) in [5, 5.41) is 10.5. The highest BCUT2D eigenvalue weighted by atomic mass is 32.2. The molecule has 0 unspecified atom stereocenters. The first kappa shape index (κ1) is 8.40. The molecule has 0 amide bonds. The molecular formula is C5H10OS2. The predicted molar refractivity (Wildman–Crippen MR) is 42.2 cm³/mol. The predicted octanol–water partition coefficient (Wildman–Crippen LogP) is 1.55. The standard InChI is InChI=1S/C5H10OS2/c1-7-4-5(3-6)8-2/h4,6H,3H2,1-2H3/b5-4-. The highest BCUT2D eigenvalue weighted by Gasteiger charge is 1.87. The van der Waals surface area contributed by atoms with Gasteiger partial charge in [-0.15, -0.1) is 23.5 Å². The summed E-state index contributed by atoms with van der Waals surface area (Å²) in [6, 6.07) is 0. The zero-order chi connectivity index (χ0) is 6.41. The molecule has 1 nitrogen and oxygen atoms in total. The minimum Gasteiger partial charge on any atom is -0.391 e. The molecule has 0 fully saturated rings. The van der Waals surface area contributed by atoms with Gasteiger partial charge in [0.15, 0.2) is 0 Å². The monoisotopic (exact) mass is 150 g/mol. The van der Waals surface area contributed by atoms with Gasteiger partial charge in [0.25, 0.3) is 0 Å². The van der Waals surface area contributed by atoms with Gasteiger partial charge in [-0.05, 0) is 17.9 Å². The normalized spacial score (nSPS) is 12.1. The van der Waals surface area contributed by atoms with Crippen molar-refractivity contribution in [3.8, 4) is 0 Å². The molecule has 48 valence electrons. The van der Waals surface area contributed by atoms with Crippen LogP contribution in [-0.4, -0.2) is 24.2 Å². The molecule has 0 aliphatic heterocycles. The largest absolute Gasteiger partial charge is 0.391 e. The van der Waals surface area contributed by atoms with Crippen LogP contribution in [0.4, 0.5) is 0 Å². The van der Waals surface area contributed by atoms with E-state index < -0.39 is 0 Å². The van der Waals surface area contributed by atoms with E-state index in [1.165, 1.54) is 0 Å². The van der Waals surface area contributed by atoms with Crippen LogP contribution in [0.25, 0.3) is 0 Å². The van der Waals surface area contributed by atoms with Crippen LogP contribution >= 0.6 is 23.5 Å². The van der Waals surface area contributed by atoms with Gasteiger partial charge in [0.05, 0.1) is 6.61 Å². The summed E-state index contributed by atoms with van der Waals surface area (Å²) in [5.41, 5.74) is 0. The lowest BCUT2D eigenvalue weighted by molar-refractivity contribution is 0.340. The van der Waals surface area contributed by atoms with Crippen LogP contribution in [0.5, 0.6) is 0 Å². The van der Waals surface area contributed by atoms with Gasteiger partial charge >= 0.3 is 0 Å². The fourth-order valence-corrected chi connectivity index (χ4v) is 1.42. The Morgan fingerprint density at radius 2 is 2.25 bits per heavy atom. The first-order valence-corrected chi connectivity index (χ1v) is 4.73. The van der Waals surface area contributed by atoms with E-state index in [4.69, 9.17) is 5.11 Å². The second kappa shape index (κ2) is 5.54. The maximum absolute atomic E-state index is 8.55. The minimum absolute atomic E-state index is 0.169. The summed E-state index contributed by atoms with van der Waals surface area (Å²) in [5.74, 6) is 0. The van der Waals surface area contributed by atoms with E-state index in [0.29, 0.717) is 0 Å². The van der Waals surface area contributed by atoms with E-state index in [1.54, 1.807) is 23.5 Å². The van der Waals surface area contributed by atoms with Crippen molar-refractivity contribution in [3.05, 3.63) is 10.3 Å². The van der Waals surface area contributed by atoms with Gasteiger partial charge in [-0.25, -0.2) is 0 Å². The van der Waals surface area contributed by atoms with E-state index in [2.05, 4.69) is 0 Å². The Hall–Kier alpha value is 0.400. The fraction of sp³-hybridized carbons (Fsp3) is 0.600. The number of aliphatic hydroxyl groups excluding tert-OH is 1. The first-order valence-electron chi connectivity index (χ1n) is 2.21. The molecule has 0 heterocycles. The van der Waals surface area contributed by atoms with E-state index in [0.717, 1.165) is 4.91 Å². The van der Waals surface area contributed by atoms with E-state index >= 15 is 0 Å². The third-order valence-electron chi connectivity index (χ3n) is 0.667. The van der Waals surface area contributed by atoms with Crippen molar-refractivity contribution in [2.45, 2.75) is 0 Å². The molecule has 1 N–H and O–H groups in total. The van der Waals surface area contributed by atoms with Crippen LogP contribution in [0.3, 0.4) is 0 Å². The van der Waals surface area contributed by atoms with Gasteiger partial charge < -0.3 is 5.11 Å². The smallest absolute Gasteiger partial charge is 0.0745 e. The Bertz CT molecular complexity index is 74.5. The van der Waals surface area contributed by atoms with Crippen LogP contribution < -0.4 is 0 Å². The average molecular weight is 150 g/mol. The Kier molecular flexibility index (Phi) is 5.81. The Labute approximate surface area is 58.5 Å². The molecule has 0 radical (unpaired) electrons. The zero-order valence-electron chi connectivity index (χ0n) is 5.05. The lowest BCUT2D eigenvalue weighted by atomic mass is 10.7. The summed E-state index contributed by atoms with van der Waals surface area (Å²) in [4.78, 5) is 1.03. The van der Waals surface area contributed by atoms with Crippen molar-refractivity contribution in [3.63, 3.8) is 0 Å². The maximum Gasteiger partial charge on any atom is 0.0745 e. The summed E-state index contributed by atoms with van der Waals surface area (Å²) < 4.78 is 0. The van der Waals surface area contributed by atoms with Crippen LogP contribution in [0.2, 0.25) is 0 Å². The van der Waals surface area contributed by atoms with Gasteiger partial charge in [-0.3, -0.25) is 0 Å². The lowest BCUT2D eigenvalue weighted by Crippen LogP contribution is -1.80. The second-order valence-corrected chi connectivity index (χ2v) is 2.82. The minimum atomic E-state index is 0.169. The van der Waals surface area contributed by atoms with Gasteiger partial charge in [0.1, 0.15) is 0 Å². The molecule has 3 heteroatoms. The first-order chi connectivity index (χ1) is 3.85. The zero-order valence-corrected chi connectivity index (χ0v) is 6.68. The van der Waals surface area contributed by atoms with E-state index in [9.17, 15) is 0 Å². The number of thioether (sulfide) groups is 2. The molecular weight excluding hydrogens is 140 g/mol. The molecule has 0 saturated carbocycles. The van der Waals surface area contributed by atoms with Crippen molar-refractivity contribution in [2.75, 3.05) is 19.1 Å². The number of aliphatic hydroxyl groups is 1. The Balaban J connectivity index is 3.49. The molecule has 0 spiro atoms. The van der Waals surface area contributed by atoms with E-state index in [-0.39, 0.29) is 6.61 Å². The molecule has 0 aliphatic carbocycles. The molecule has 0 aliphatic rings. The molecule has 0 rings (SSSR count). The van der Waals surface area contributed by atoms with Crippen molar-refractivity contribution in [2.24, 2.45) is 0 Å². The molecule has 0 aromatic carbocycles. The van der Waals surface area contributed by atoms with Crippen LogP contribution in [0.1, 0.15) is 0 Å². The molecule has 0 saturated heterocycles.